The summed E-state index contributed by atoms with van der Waals surface area (Å²) in [6.07, 6.45) is 0. The average Bonchev–Trinajstić information content (AvgIpc) is 3.25. The van der Waals surface area contributed by atoms with Crippen LogP contribution in [0.5, 0.6) is 0 Å². The van der Waals surface area contributed by atoms with E-state index in [9.17, 15) is 13.2 Å². The minimum atomic E-state index is -3.65. The van der Waals surface area contributed by atoms with E-state index >= 15 is 0 Å². The molecule has 1 aromatic heterocycles. The summed E-state index contributed by atoms with van der Waals surface area (Å²) in [5.41, 5.74) is 1.88. The van der Waals surface area contributed by atoms with Gasteiger partial charge in [-0.3, -0.25) is 14.5 Å². The van der Waals surface area contributed by atoms with E-state index in [1.54, 1.807) is 36.6 Å². The first-order valence-electron chi connectivity index (χ1n) is 8.56. The number of carbonyl (C=O) groups is 1. The molecular weight excluding hydrogens is 432 g/mol. The molecule has 2 N–H and O–H groups in total. The van der Waals surface area contributed by atoms with E-state index in [1.807, 2.05) is 18.2 Å². The van der Waals surface area contributed by atoms with Crippen LogP contribution in [0.4, 0.5) is 5.13 Å². The standard InChI is InChI=1S/C19H15ClN4O3S2/c1-11(21-17-13-7-3-5-9-16(13)29(26,27)24-17)18(25)23-19-22-15(10-28-19)12-6-2-4-8-14(12)20/h2-11H,1H3,(H,21,24)(H,22,23,25)/t11-/m0/s1. The Kier molecular flexibility index (Phi) is 5.12. The van der Waals surface area contributed by atoms with Gasteiger partial charge in [0.05, 0.1) is 10.6 Å². The second-order valence-electron chi connectivity index (χ2n) is 6.26. The van der Waals surface area contributed by atoms with Gasteiger partial charge in [-0.2, -0.15) is 0 Å². The summed E-state index contributed by atoms with van der Waals surface area (Å²) in [6, 6.07) is 13.0. The second kappa shape index (κ2) is 7.58. The largest absolute Gasteiger partial charge is 0.300 e. The number of rotatable bonds is 4. The highest BCUT2D eigenvalue weighted by molar-refractivity contribution is 7.90. The van der Waals surface area contributed by atoms with E-state index in [-0.39, 0.29) is 10.7 Å². The summed E-state index contributed by atoms with van der Waals surface area (Å²) in [5, 5.41) is 5.49. The highest BCUT2D eigenvalue weighted by Gasteiger charge is 2.31. The van der Waals surface area contributed by atoms with Crippen molar-refractivity contribution >= 4 is 49.8 Å². The number of nitrogens with zero attached hydrogens (tertiary/aromatic N) is 2. The minimum Gasteiger partial charge on any atom is -0.300 e. The number of halogens is 1. The van der Waals surface area contributed by atoms with Crippen LogP contribution in [0.1, 0.15) is 12.5 Å². The molecule has 0 radical (unpaired) electrons. The Labute approximate surface area is 176 Å². The molecule has 1 aliphatic heterocycles. The molecule has 1 aliphatic rings. The maximum absolute atomic E-state index is 12.5. The molecule has 0 saturated heterocycles. The van der Waals surface area contributed by atoms with E-state index in [1.165, 1.54) is 17.4 Å². The van der Waals surface area contributed by atoms with Crippen molar-refractivity contribution in [3.63, 3.8) is 0 Å². The van der Waals surface area contributed by atoms with Crippen LogP contribution in [0.3, 0.4) is 0 Å². The molecule has 4 rings (SSSR count). The van der Waals surface area contributed by atoms with Gasteiger partial charge < -0.3 is 5.32 Å². The third kappa shape index (κ3) is 3.89. The monoisotopic (exact) mass is 446 g/mol. The van der Waals surface area contributed by atoms with Gasteiger partial charge in [-0.25, -0.2) is 13.4 Å². The Morgan fingerprint density at radius 2 is 1.86 bits per heavy atom. The van der Waals surface area contributed by atoms with E-state index < -0.39 is 22.0 Å². The average molecular weight is 447 g/mol. The van der Waals surface area contributed by atoms with Crippen molar-refractivity contribution in [1.29, 1.82) is 0 Å². The third-order valence-electron chi connectivity index (χ3n) is 4.25. The number of hydrogen-bond donors (Lipinski definition) is 2. The number of anilines is 1. The SMILES string of the molecule is C[C@H](N=C1NS(=O)(=O)c2ccccc21)C(=O)Nc1nc(-c2ccccc2Cl)cs1. The van der Waals surface area contributed by atoms with Gasteiger partial charge in [0.15, 0.2) is 5.13 Å². The van der Waals surface area contributed by atoms with Crippen molar-refractivity contribution < 1.29 is 13.2 Å². The fourth-order valence-electron chi connectivity index (χ4n) is 2.82. The number of benzene rings is 2. The zero-order chi connectivity index (χ0) is 20.6. The Morgan fingerprint density at radius 1 is 1.17 bits per heavy atom. The predicted octanol–water partition coefficient (Wildman–Crippen LogP) is 3.53. The lowest BCUT2D eigenvalue weighted by molar-refractivity contribution is -0.117. The van der Waals surface area contributed by atoms with Gasteiger partial charge in [0.2, 0.25) is 0 Å². The number of amides is 1. The van der Waals surface area contributed by atoms with Gasteiger partial charge in [0, 0.05) is 21.5 Å². The summed E-state index contributed by atoms with van der Waals surface area (Å²) in [5.74, 6) is -0.250. The Balaban J connectivity index is 1.52. The molecule has 0 saturated carbocycles. The molecule has 148 valence electrons. The third-order valence-corrected chi connectivity index (χ3v) is 6.73. The van der Waals surface area contributed by atoms with Crippen molar-refractivity contribution in [3.8, 4) is 11.3 Å². The lowest BCUT2D eigenvalue weighted by atomic mass is 10.2. The molecule has 0 fully saturated rings. The Morgan fingerprint density at radius 3 is 2.62 bits per heavy atom. The number of hydrogen-bond acceptors (Lipinski definition) is 6. The van der Waals surface area contributed by atoms with Gasteiger partial charge in [-0.1, -0.05) is 41.9 Å². The van der Waals surface area contributed by atoms with Crippen LogP contribution in [0.25, 0.3) is 11.3 Å². The number of fused-ring (bicyclic) bond motifs is 1. The molecule has 10 heteroatoms. The summed E-state index contributed by atoms with van der Waals surface area (Å²) in [4.78, 5) is 21.3. The maximum atomic E-state index is 12.5. The zero-order valence-corrected chi connectivity index (χ0v) is 17.5. The summed E-state index contributed by atoms with van der Waals surface area (Å²) >= 11 is 7.46. The lowest BCUT2D eigenvalue weighted by Crippen LogP contribution is -2.28. The molecule has 1 atom stereocenters. The van der Waals surface area contributed by atoms with Crippen LogP contribution < -0.4 is 10.0 Å². The molecule has 7 nitrogen and oxygen atoms in total. The van der Waals surface area contributed by atoms with Crippen LogP contribution in [0, 0.1) is 0 Å². The summed E-state index contributed by atoms with van der Waals surface area (Å²) in [7, 11) is -3.65. The molecule has 1 amide bonds. The molecular formula is C19H15ClN4O3S2. The van der Waals surface area contributed by atoms with E-state index in [0.717, 1.165) is 5.56 Å². The van der Waals surface area contributed by atoms with E-state index in [4.69, 9.17) is 11.6 Å². The van der Waals surface area contributed by atoms with Gasteiger partial charge in [0.25, 0.3) is 15.9 Å². The van der Waals surface area contributed by atoms with E-state index in [0.29, 0.717) is 21.4 Å². The van der Waals surface area contributed by atoms with Crippen LogP contribution in [0.15, 0.2) is 63.8 Å². The van der Waals surface area contributed by atoms with Crippen molar-refractivity contribution in [2.75, 3.05) is 5.32 Å². The number of aliphatic imine (C=N–C) groups is 1. The van der Waals surface area contributed by atoms with Gasteiger partial charge in [0.1, 0.15) is 11.9 Å². The first kappa shape index (κ1) is 19.6. The minimum absolute atomic E-state index is 0.149. The molecule has 0 aliphatic carbocycles. The van der Waals surface area contributed by atoms with Crippen molar-refractivity contribution in [1.82, 2.24) is 9.71 Å². The fraction of sp³-hybridized carbons (Fsp3) is 0.105. The van der Waals surface area contributed by atoms with Gasteiger partial charge in [-0.15, -0.1) is 11.3 Å². The number of nitrogens with one attached hydrogen (secondary N) is 2. The van der Waals surface area contributed by atoms with Crippen LogP contribution in [0.2, 0.25) is 5.02 Å². The van der Waals surface area contributed by atoms with Crippen molar-refractivity contribution in [3.05, 3.63) is 64.5 Å². The molecule has 3 aromatic rings. The maximum Gasteiger partial charge on any atom is 0.263 e. The first-order valence-corrected chi connectivity index (χ1v) is 11.3. The quantitative estimate of drug-likeness (QED) is 0.640. The fourth-order valence-corrected chi connectivity index (χ4v) is 5.00. The Bertz CT molecular complexity index is 1240. The van der Waals surface area contributed by atoms with Crippen LogP contribution >= 0.6 is 22.9 Å². The molecule has 0 unspecified atom stereocenters. The molecule has 2 heterocycles. The van der Waals surface area contributed by atoms with E-state index in [2.05, 4.69) is 20.0 Å². The molecule has 0 spiro atoms. The van der Waals surface area contributed by atoms with Gasteiger partial charge in [-0.05, 0) is 25.1 Å². The smallest absolute Gasteiger partial charge is 0.263 e. The number of aromatic nitrogens is 1. The van der Waals surface area contributed by atoms with Crippen molar-refractivity contribution in [2.24, 2.45) is 4.99 Å². The summed E-state index contributed by atoms with van der Waals surface area (Å²) < 4.78 is 26.7. The summed E-state index contributed by atoms with van der Waals surface area (Å²) in [6.45, 7) is 1.58. The molecule has 0 bridgehead atoms. The normalized spacial score (nSPS) is 16.8. The molecule has 29 heavy (non-hydrogen) atoms. The van der Waals surface area contributed by atoms with Crippen LogP contribution in [-0.2, 0) is 14.8 Å². The highest BCUT2D eigenvalue weighted by Crippen LogP contribution is 2.30. The number of carbonyl (C=O) groups excluding carboxylic acids is 1. The first-order chi connectivity index (χ1) is 13.8. The van der Waals surface area contributed by atoms with Gasteiger partial charge >= 0.3 is 0 Å². The predicted molar refractivity (Wildman–Crippen MR) is 114 cm³/mol. The Hall–Kier alpha value is -2.75. The second-order valence-corrected chi connectivity index (χ2v) is 9.18. The number of amidine groups is 1. The molecule has 2 aromatic carbocycles. The van der Waals surface area contributed by atoms with Crippen LogP contribution in [-0.4, -0.2) is 31.2 Å². The lowest BCUT2D eigenvalue weighted by Gasteiger charge is -2.07. The zero-order valence-electron chi connectivity index (χ0n) is 15.1. The number of thiazole rings is 1. The topological polar surface area (TPSA) is 101 Å². The highest BCUT2D eigenvalue weighted by atomic mass is 35.5. The number of sulfonamides is 1. The van der Waals surface area contributed by atoms with Crippen molar-refractivity contribution in [2.45, 2.75) is 17.9 Å².